The highest BCUT2D eigenvalue weighted by Crippen LogP contribution is 2.26. The number of aromatic nitrogens is 4. The Balaban J connectivity index is 1.69. The third-order valence-corrected chi connectivity index (χ3v) is 4.56. The van der Waals surface area contributed by atoms with Crippen molar-refractivity contribution in [3.05, 3.63) is 71.1 Å². The normalized spacial score (nSPS) is 10.8. The monoisotopic (exact) mass is 393 g/mol. The van der Waals surface area contributed by atoms with Gasteiger partial charge in [-0.3, -0.25) is 4.79 Å². The van der Waals surface area contributed by atoms with Crippen molar-refractivity contribution in [1.29, 1.82) is 0 Å². The first-order valence-corrected chi connectivity index (χ1v) is 8.87. The number of carbonyl (C=O) groups excluding carboxylic acids is 1. The van der Waals surface area contributed by atoms with E-state index in [-0.39, 0.29) is 11.6 Å². The molecule has 7 nitrogen and oxygen atoms in total. The number of benzene rings is 2. The minimum absolute atomic E-state index is 0.191. The second-order valence-electron chi connectivity index (χ2n) is 6.12. The van der Waals surface area contributed by atoms with Gasteiger partial charge in [0.2, 0.25) is 0 Å². The van der Waals surface area contributed by atoms with Gasteiger partial charge in [-0.15, -0.1) is 10.2 Å². The second kappa shape index (κ2) is 7.28. The molecule has 0 radical (unpaired) electrons. The smallest absolute Gasteiger partial charge is 0.278 e. The number of fused-ring (bicyclic) bond motifs is 1. The number of amides is 1. The largest absolute Gasteiger partial charge is 0.497 e. The van der Waals surface area contributed by atoms with Crippen molar-refractivity contribution in [2.75, 3.05) is 12.4 Å². The molecule has 28 heavy (non-hydrogen) atoms. The third-order valence-electron chi connectivity index (χ3n) is 4.33. The highest BCUT2D eigenvalue weighted by atomic mass is 35.5. The van der Waals surface area contributed by atoms with E-state index >= 15 is 0 Å². The van der Waals surface area contributed by atoms with Crippen LogP contribution in [0, 0.1) is 6.92 Å². The van der Waals surface area contributed by atoms with Crippen LogP contribution in [0.3, 0.4) is 0 Å². The van der Waals surface area contributed by atoms with Crippen molar-refractivity contribution in [1.82, 2.24) is 19.8 Å². The molecule has 0 aliphatic rings. The van der Waals surface area contributed by atoms with Crippen LogP contribution in [0.4, 0.5) is 5.69 Å². The van der Waals surface area contributed by atoms with Crippen LogP contribution in [0.2, 0.25) is 5.02 Å². The van der Waals surface area contributed by atoms with Gasteiger partial charge in [0, 0.05) is 22.3 Å². The molecule has 2 aromatic carbocycles. The van der Waals surface area contributed by atoms with Crippen molar-refractivity contribution in [2.45, 2.75) is 6.92 Å². The van der Waals surface area contributed by atoms with E-state index in [1.165, 1.54) is 0 Å². The van der Waals surface area contributed by atoms with Gasteiger partial charge in [0.05, 0.1) is 19.0 Å². The van der Waals surface area contributed by atoms with Crippen molar-refractivity contribution in [2.24, 2.45) is 0 Å². The number of hydrogen-bond acceptors (Lipinski definition) is 5. The number of halogens is 1. The number of nitrogens with zero attached hydrogens (tertiary/aromatic N) is 4. The molecule has 0 aliphatic heterocycles. The summed E-state index contributed by atoms with van der Waals surface area (Å²) in [5.41, 5.74) is 3.60. The summed E-state index contributed by atoms with van der Waals surface area (Å²) in [7, 11) is 1.57. The number of hydrogen-bond donors (Lipinski definition) is 1. The molecule has 140 valence electrons. The Morgan fingerprint density at radius 3 is 2.75 bits per heavy atom. The topological polar surface area (TPSA) is 81.4 Å². The molecule has 0 unspecified atom stereocenters. The Morgan fingerprint density at radius 1 is 1.14 bits per heavy atom. The molecular weight excluding hydrogens is 378 g/mol. The summed E-state index contributed by atoms with van der Waals surface area (Å²) < 4.78 is 6.77. The number of nitrogens with one attached hydrogen (secondary N) is 1. The molecule has 0 aliphatic carbocycles. The molecule has 0 bridgehead atoms. The summed E-state index contributed by atoms with van der Waals surface area (Å²) in [4.78, 5) is 12.7. The fourth-order valence-corrected chi connectivity index (χ4v) is 3.10. The SMILES string of the molecule is COc1cccc(NC(=O)c2nnc3c(-c4cccc(Cl)c4)cnn3c2C)c1. The van der Waals surface area contributed by atoms with Gasteiger partial charge in [-0.2, -0.15) is 5.10 Å². The van der Waals surface area contributed by atoms with Crippen LogP contribution in [-0.2, 0) is 0 Å². The van der Waals surface area contributed by atoms with Crippen LogP contribution in [0.25, 0.3) is 16.8 Å². The van der Waals surface area contributed by atoms with Gasteiger partial charge in [-0.05, 0) is 36.8 Å². The average molecular weight is 394 g/mol. The van der Waals surface area contributed by atoms with Crippen LogP contribution >= 0.6 is 11.6 Å². The van der Waals surface area contributed by atoms with Gasteiger partial charge in [-0.1, -0.05) is 29.8 Å². The van der Waals surface area contributed by atoms with E-state index in [4.69, 9.17) is 16.3 Å². The van der Waals surface area contributed by atoms with Crippen molar-refractivity contribution in [3.8, 4) is 16.9 Å². The van der Waals surface area contributed by atoms with Gasteiger partial charge in [0.25, 0.3) is 5.91 Å². The van der Waals surface area contributed by atoms with Crippen molar-refractivity contribution >= 4 is 28.8 Å². The van der Waals surface area contributed by atoms with E-state index in [1.54, 1.807) is 55.1 Å². The second-order valence-corrected chi connectivity index (χ2v) is 6.56. The molecule has 0 fully saturated rings. The third kappa shape index (κ3) is 3.27. The zero-order valence-corrected chi connectivity index (χ0v) is 15.9. The lowest BCUT2D eigenvalue weighted by Crippen LogP contribution is -2.18. The number of methoxy groups -OCH3 is 1. The lowest BCUT2D eigenvalue weighted by Gasteiger charge is -2.09. The molecule has 0 saturated carbocycles. The van der Waals surface area contributed by atoms with Gasteiger partial charge in [-0.25, -0.2) is 4.52 Å². The first-order chi connectivity index (χ1) is 13.6. The predicted octanol–water partition coefficient (Wildman–Crippen LogP) is 4.01. The molecule has 8 heteroatoms. The Morgan fingerprint density at radius 2 is 1.96 bits per heavy atom. The number of ether oxygens (including phenoxy) is 1. The fourth-order valence-electron chi connectivity index (χ4n) is 2.91. The molecule has 0 spiro atoms. The van der Waals surface area contributed by atoms with E-state index in [0.717, 1.165) is 11.1 Å². The van der Waals surface area contributed by atoms with Crippen molar-refractivity contribution < 1.29 is 9.53 Å². The van der Waals surface area contributed by atoms with E-state index in [2.05, 4.69) is 20.6 Å². The minimum Gasteiger partial charge on any atom is -0.497 e. The molecule has 0 atom stereocenters. The van der Waals surface area contributed by atoms with E-state index < -0.39 is 0 Å². The average Bonchev–Trinajstić information content (AvgIpc) is 3.13. The van der Waals surface area contributed by atoms with Crippen LogP contribution in [0.5, 0.6) is 5.75 Å². The van der Waals surface area contributed by atoms with E-state index in [9.17, 15) is 4.79 Å². The van der Waals surface area contributed by atoms with E-state index in [1.807, 2.05) is 18.2 Å². The molecule has 2 aromatic heterocycles. The number of carbonyl (C=O) groups is 1. The summed E-state index contributed by atoms with van der Waals surface area (Å²) in [6.07, 6.45) is 1.69. The number of rotatable bonds is 4. The molecule has 4 rings (SSSR count). The molecule has 0 saturated heterocycles. The van der Waals surface area contributed by atoms with Crippen LogP contribution < -0.4 is 10.1 Å². The van der Waals surface area contributed by atoms with Gasteiger partial charge >= 0.3 is 0 Å². The molecule has 1 amide bonds. The maximum Gasteiger partial charge on any atom is 0.278 e. The van der Waals surface area contributed by atoms with Crippen LogP contribution in [0.1, 0.15) is 16.2 Å². The molecular formula is C20H16ClN5O2. The molecule has 4 aromatic rings. The Kier molecular flexibility index (Phi) is 4.67. The summed E-state index contributed by atoms with van der Waals surface area (Å²) in [5.74, 6) is 0.272. The van der Waals surface area contributed by atoms with Gasteiger partial charge in [0.1, 0.15) is 5.75 Å². The standard InChI is InChI=1S/C20H16ClN5O2/c1-12-18(20(27)23-15-7-4-8-16(10-15)28-2)24-25-19-17(11-22-26(12)19)13-5-3-6-14(21)9-13/h3-11H,1-2H3,(H,23,27). The summed E-state index contributed by atoms with van der Waals surface area (Å²) in [5, 5.41) is 16.2. The quantitative estimate of drug-likeness (QED) is 0.566. The van der Waals surface area contributed by atoms with Crippen LogP contribution in [0.15, 0.2) is 54.7 Å². The Labute approximate surface area is 165 Å². The fraction of sp³-hybridized carbons (Fsp3) is 0.100. The first-order valence-electron chi connectivity index (χ1n) is 8.49. The predicted molar refractivity (Wildman–Crippen MR) is 107 cm³/mol. The lowest BCUT2D eigenvalue weighted by molar-refractivity contribution is 0.102. The number of aryl methyl sites for hydroxylation is 1. The lowest BCUT2D eigenvalue weighted by atomic mass is 10.1. The molecule has 2 heterocycles. The zero-order valence-electron chi connectivity index (χ0n) is 15.2. The van der Waals surface area contributed by atoms with Crippen LogP contribution in [-0.4, -0.2) is 32.8 Å². The highest BCUT2D eigenvalue weighted by Gasteiger charge is 2.18. The Bertz CT molecular complexity index is 1190. The zero-order chi connectivity index (χ0) is 19.7. The summed E-state index contributed by atoms with van der Waals surface area (Å²) in [6, 6.07) is 14.5. The highest BCUT2D eigenvalue weighted by molar-refractivity contribution is 6.30. The number of anilines is 1. The maximum atomic E-state index is 12.7. The Hall–Kier alpha value is -3.45. The van der Waals surface area contributed by atoms with Gasteiger partial charge in [0.15, 0.2) is 11.3 Å². The van der Waals surface area contributed by atoms with E-state index in [0.29, 0.717) is 27.8 Å². The minimum atomic E-state index is -0.375. The summed E-state index contributed by atoms with van der Waals surface area (Å²) in [6.45, 7) is 1.77. The first kappa shape index (κ1) is 17.9. The van der Waals surface area contributed by atoms with Gasteiger partial charge < -0.3 is 10.1 Å². The maximum absolute atomic E-state index is 12.7. The molecule has 1 N–H and O–H groups in total. The summed E-state index contributed by atoms with van der Waals surface area (Å²) >= 11 is 6.08. The van der Waals surface area contributed by atoms with Crippen molar-refractivity contribution in [3.63, 3.8) is 0 Å².